The quantitative estimate of drug-likeness (QED) is 0.454. The van der Waals surface area contributed by atoms with Gasteiger partial charge >= 0.3 is 0 Å². The average molecular weight is 307 g/mol. The molecule has 0 aromatic rings. The standard InChI is InChI=1S/C19H34OSi/c1-17(2,3)21(6,7)20-19(5)15-12-14-10-8-9-11-18(4,13-15)16(14)19/h12,15-16H,8-11,13H2,1-7H3. The monoisotopic (exact) mass is 306 g/mol. The second kappa shape index (κ2) is 4.47. The van der Waals surface area contributed by atoms with Gasteiger partial charge in [0.15, 0.2) is 8.32 Å². The second-order valence-corrected chi connectivity index (χ2v) is 14.6. The van der Waals surface area contributed by atoms with Crippen LogP contribution in [0, 0.1) is 17.3 Å². The summed E-state index contributed by atoms with van der Waals surface area (Å²) in [5.41, 5.74) is 2.33. The lowest BCUT2D eigenvalue weighted by molar-refractivity contribution is 0.0144. The third-order valence-corrected chi connectivity index (χ3v) is 11.8. The molecule has 1 nitrogen and oxygen atoms in total. The van der Waals surface area contributed by atoms with Crippen molar-refractivity contribution in [3.8, 4) is 0 Å². The molecule has 4 atom stereocenters. The molecule has 0 spiro atoms. The van der Waals surface area contributed by atoms with E-state index in [1.165, 1.54) is 32.1 Å². The molecular formula is C19H34OSi. The van der Waals surface area contributed by atoms with Crippen LogP contribution in [0.2, 0.25) is 18.1 Å². The van der Waals surface area contributed by atoms with Crippen LogP contribution in [0.3, 0.4) is 0 Å². The van der Waals surface area contributed by atoms with Gasteiger partial charge in [-0.1, -0.05) is 45.8 Å². The van der Waals surface area contributed by atoms with Gasteiger partial charge in [0.2, 0.25) is 0 Å². The topological polar surface area (TPSA) is 9.23 Å². The van der Waals surface area contributed by atoms with E-state index >= 15 is 0 Å². The normalized spacial score (nSPS) is 42.9. The smallest absolute Gasteiger partial charge is 0.192 e. The molecule has 0 amide bonds. The number of rotatable bonds is 2. The van der Waals surface area contributed by atoms with E-state index in [-0.39, 0.29) is 5.60 Å². The minimum absolute atomic E-state index is 0.0808. The largest absolute Gasteiger partial charge is 0.410 e. The highest BCUT2D eigenvalue weighted by Gasteiger charge is 2.64. The van der Waals surface area contributed by atoms with Gasteiger partial charge in [0.05, 0.1) is 5.60 Å². The molecule has 0 aromatic heterocycles. The Kier molecular flexibility index (Phi) is 3.37. The molecule has 3 aliphatic carbocycles. The van der Waals surface area contributed by atoms with E-state index < -0.39 is 8.32 Å². The summed E-state index contributed by atoms with van der Waals surface area (Å²) in [6.07, 6.45) is 9.50. The Balaban J connectivity index is 1.94. The first-order valence-electron chi connectivity index (χ1n) is 8.90. The van der Waals surface area contributed by atoms with Crippen molar-refractivity contribution in [2.45, 2.75) is 90.5 Å². The third kappa shape index (κ3) is 2.20. The molecule has 21 heavy (non-hydrogen) atoms. The number of hydrogen-bond donors (Lipinski definition) is 0. The first-order chi connectivity index (χ1) is 9.50. The fraction of sp³-hybridized carbons (Fsp3) is 0.895. The predicted molar refractivity (Wildman–Crippen MR) is 92.9 cm³/mol. The van der Waals surface area contributed by atoms with Gasteiger partial charge in [0.1, 0.15) is 0 Å². The molecular weight excluding hydrogens is 272 g/mol. The van der Waals surface area contributed by atoms with Gasteiger partial charge in [0, 0.05) is 11.8 Å². The van der Waals surface area contributed by atoms with E-state index in [1.807, 2.05) is 0 Å². The maximum absolute atomic E-state index is 7.08. The molecule has 2 saturated carbocycles. The van der Waals surface area contributed by atoms with Crippen molar-refractivity contribution >= 4 is 8.32 Å². The van der Waals surface area contributed by atoms with Crippen molar-refractivity contribution < 1.29 is 4.43 Å². The summed E-state index contributed by atoms with van der Waals surface area (Å²) in [6, 6.07) is 0. The summed E-state index contributed by atoms with van der Waals surface area (Å²) in [7, 11) is -1.72. The van der Waals surface area contributed by atoms with Crippen molar-refractivity contribution in [2.75, 3.05) is 0 Å². The van der Waals surface area contributed by atoms with E-state index in [0.717, 1.165) is 0 Å². The lowest BCUT2D eigenvalue weighted by atomic mass is 9.71. The lowest BCUT2D eigenvalue weighted by Gasteiger charge is -2.46. The van der Waals surface area contributed by atoms with E-state index in [1.54, 1.807) is 5.57 Å². The van der Waals surface area contributed by atoms with Crippen LogP contribution < -0.4 is 0 Å². The fourth-order valence-corrected chi connectivity index (χ4v) is 6.97. The van der Waals surface area contributed by atoms with Gasteiger partial charge in [-0.3, -0.25) is 0 Å². The van der Waals surface area contributed by atoms with Crippen molar-refractivity contribution in [3.05, 3.63) is 11.6 Å². The fourth-order valence-electron chi connectivity index (χ4n) is 5.29. The Morgan fingerprint density at radius 1 is 1.19 bits per heavy atom. The molecule has 0 aliphatic heterocycles. The highest BCUT2D eigenvalue weighted by Crippen LogP contribution is 2.66. The molecule has 2 fully saturated rings. The van der Waals surface area contributed by atoms with Crippen LogP contribution in [-0.2, 0) is 4.43 Å². The van der Waals surface area contributed by atoms with E-state index in [0.29, 0.717) is 22.3 Å². The van der Waals surface area contributed by atoms with Crippen molar-refractivity contribution in [2.24, 2.45) is 17.3 Å². The summed E-state index contributed by atoms with van der Waals surface area (Å²) in [5, 5.41) is 0.300. The Hall–Kier alpha value is -0.0831. The Labute approximate surface area is 132 Å². The summed E-state index contributed by atoms with van der Waals surface area (Å²) < 4.78 is 7.08. The van der Waals surface area contributed by atoms with Crippen molar-refractivity contribution in [1.82, 2.24) is 0 Å². The van der Waals surface area contributed by atoms with E-state index in [2.05, 4.69) is 53.8 Å². The summed E-state index contributed by atoms with van der Waals surface area (Å²) in [5.74, 6) is 1.35. The first-order valence-corrected chi connectivity index (χ1v) is 11.8. The Bertz CT molecular complexity index is 472. The second-order valence-electron chi connectivity index (χ2n) is 9.89. The molecule has 0 saturated heterocycles. The molecule has 2 heteroatoms. The van der Waals surface area contributed by atoms with Gasteiger partial charge < -0.3 is 4.43 Å². The summed E-state index contributed by atoms with van der Waals surface area (Å²) >= 11 is 0. The van der Waals surface area contributed by atoms with Crippen LogP contribution in [0.1, 0.15) is 66.7 Å². The zero-order valence-corrected chi connectivity index (χ0v) is 16.2. The highest BCUT2D eigenvalue weighted by molar-refractivity contribution is 6.74. The average Bonchev–Trinajstić information content (AvgIpc) is 2.62. The third-order valence-electron chi connectivity index (χ3n) is 7.22. The summed E-state index contributed by atoms with van der Waals surface area (Å²) in [6.45, 7) is 16.9. The molecule has 0 aromatic carbocycles. The minimum atomic E-state index is -1.72. The summed E-state index contributed by atoms with van der Waals surface area (Å²) in [4.78, 5) is 0. The van der Waals surface area contributed by atoms with Gasteiger partial charge in [-0.25, -0.2) is 0 Å². The molecule has 2 bridgehead atoms. The zero-order valence-electron chi connectivity index (χ0n) is 15.2. The molecule has 120 valence electrons. The maximum Gasteiger partial charge on any atom is 0.192 e. The first kappa shape index (κ1) is 15.8. The SMILES string of the molecule is CC12CCCCC3=CC(C1)C(C)(O[Si](C)(C)C(C)(C)C)C32. The van der Waals surface area contributed by atoms with Crippen LogP contribution in [0.4, 0.5) is 0 Å². The Morgan fingerprint density at radius 3 is 2.48 bits per heavy atom. The van der Waals surface area contributed by atoms with Gasteiger partial charge in [0.25, 0.3) is 0 Å². The lowest BCUT2D eigenvalue weighted by Crippen LogP contribution is -2.52. The van der Waals surface area contributed by atoms with Gasteiger partial charge in [-0.15, -0.1) is 0 Å². The molecule has 4 unspecified atom stereocenters. The molecule has 3 rings (SSSR count). The van der Waals surface area contributed by atoms with Gasteiger partial charge in [-0.05, 0) is 56.2 Å². The Morgan fingerprint density at radius 2 is 1.86 bits per heavy atom. The van der Waals surface area contributed by atoms with Crippen LogP contribution >= 0.6 is 0 Å². The highest BCUT2D eigenvalue weighted by atomic mass is 28.4. The van der Waals surface area contributed by atoms with Gasteiger partial charge in [-0.2, -0.15) is 0 Å². The van der Waals surface area contributed by atoms with Crippen LogP contribution in [0.5, 0.6) is 0 Å². The predicted octanol–water partition coefficient (Wildman–Crippen LogP) is 5.92. The van der Waals surface area contributed by atoms with Crippen LogP contribution in [-0.4, -0.2) is 13.9 Å². The van der Waals surface area contributed by atoms with Crippen molar-refractivity contribution in [1.29, 1.82) is 0 Å². The van der Waals surface area contributed by atoms with E-state index in [9.17, 15) is 0 Å². The molecule has 0 N–H and O–H groups in total. The van der Waals surface area contributed by atoms with Crippen LogP contribution in [0.15, 0.2) is 11.6 Å². The zero-order chi connectivity index (χ0) is 15.7. The minimum Gasteiger partial charge on any atom is -0.410 e. The number of fused-ring (bicyclic) bond motifs is 1. The number of hydrogen-bond acceptors (Lipinski definition) is 1. The molecule has 3 aliphatic rings. The van der Waals surface area contributed by atoms with Crippen molar-refractivity contribution in [3.63, 3.8) is 0 Å². The maximum atomic E-state index is 7.08. The van der Waals surface area contributed by atoms with E-state index in [4.69, 9.17) is 4.43 Å². The molecule has 0 heterocycles. The van der Waals surface area contributed by atoms with Crippen LogP contribution in [0.25, 0.3) is 0 Å². The molecule has 0 radical (unpaired) electrons.